The fourth-order valence-electron chi connectivity index (χ4n) is 5.48. The number of aromatic nitrogens is 3. The molecule has 2 heterocycles. The van der Waals surface area contributed by atoms with E-state index in [0.29, 0.717) is 18.1 Å². The van der Waals surface area contributed by atoms with Gasteiger partial charge in [0.15, 0.2) is 0 Å². The first-order chi connectivity index (χ1) is 21.3. The molecule has 3 N–H and O–H groups in total. The SMILES string of the molecule is CCCCOc1cc(F)c(Cn2nc(/C(C)=N/C3=C(C(/Nc4ccnc(N)c4)=C(/C)CC)CCC3)c3ccccc32)c(F)c1. The molecule has 9 heteroatoms. The molecule has 2 aromatic heterocycles. The van der Waals surface area contributed by atoms with Crippen molar-refractivity contribution in [3.63, 3.8) is 0 Å². The number of para-hydroxylation sites is 1. The molecule has 0 fully saturated rings. The minimum atomic E-state index is -0.655. The van der Waals surface area contributed by atoms with Crippen molar-refractivity contribution >= 4 is 28.1 Å². The average molecular weight is 599 g/mol. The van der Waals surface area contributed by atoms with Gasteiger partial charge in [-0.15, -0.1) is 0 Å². The van der Waals surface area contributed by atoms with Crippen LogP contribution in [0.15, 0.2) is 82.3 Å². The number of nitrogens with one attached hydrogen (secondary N) is 1. The molecule has 0 spiro atoms. The zero-order valence-corrected chi connectivity index (χ0v) is 25.9. The Labute approximate surface area is 257 Å². The van der Waals surface area contributed by atoms with Gasteiger partial charge in [0, 0.05) is 52.4 Å². The van der Waals surface area contributed by atoms with Crippen molar-refractivity contribution in [2.24, 2.45) is 4.99 Å². The second kappa shape index (κ2) is 13.8. The highest BCUT2D eigenvalue weighted by atomic mass is 19.1. The van der Waals surface area contributed by atoms with Crippen molar-refractivity contribution in [1.82, 2.24) is 14.8 Å². The molecule has 0 saturated carbocycles. The molecule has 1 aliphatic carbocycles. The molecule has 4 aromatic rings. The second-order valence-corrected chi connectivity index (χ2v) is 11.2. The second-order valence-electron chi connectivity index (χ2n) is 11.2. The number of fused-ring (bicyclic) bond motifs is 1. The Morgan fingerprint density at radius 1 is 1.07 bits per heavy atom. The Kier molecular flexibility index (Phi) is 9.72. The number of pyridine rings is 1. The lowest BCUT2D eigenvalue weighted by Gasteiger charge is -2.17. The van der Waals surface area contributed by atoms with E-state index >= 15 is 8.78 Å². The number of allylic oxidation sites excluding steroid dienone is 3. The molecule has 0 saturated heterocycles. The quantitative estimate of drug-likeness (QED) is 0.126. The molecule has 2 aromatic carbocycles. The molecule has 5 rings (SSSR count). The number of anilines is 2. The third-order valence-corrected chi connectivity index (χ3v) is 7.99. The third-order valence-electron chi connectivity index (χ3n) is 7.99. The number of nitrogens with zero attached hydrogens (tertiary/aromatic N) is 4. The highest BCUT2D eigenvalue weighted by Gasteiger charge is 2.22. The molecule has 0 amide bonds. The number of hydrogen-bond donors (Lipinski definition) is 2. The summed E-state index contributed by atoms with van der Waals surface area (Å²) < 4.78 is 37.4. The van der Waals surface area contributed by atoms with Gasteiger partial charge in [-0.05, 0) is 69.2 Å². The summed E-state index contributed by atoms with van der Waals surface area (Å²) in [4.78, 5) is 9.23. The van der Waals surface area contributed by atoms with E-state index in [1.807, 2.05) is 50.2 Å². The van der Waals surface area contributed by atoms with Crippen LogP contribution < -0.4 is 15.8 Å². The topological polar surface area (TPSA) is 90.3 Å². The van der Waals surface area contributed by atoms with Gasteiger partial charge in [-0.25, -0.2) is 13.8 Å². The van der Waals surface area contributed by atoms with Crippen LogP contribution in [0.5, 0.6) is 5.75 Å². The van der Waals surface area contributed by atoms with Crippen LogP contribution >= 0.6 is 0 Å². The molecule has 44 heavy (non-hydrogen) atoms. The molecular weight excluding hydrogens is 558 g/mol. The van der Waals surface area contributed by atoms with Crippen LogP contribution in [0.1, 0.15) is 77.5 Å². The lowest BCUT2D eigenvalue weighted by atomic mass is 10.0. The van der Waals surface area contributed by atoms with E-state index in [-0.39, 0.29) is 17.9 Å². The number of hydrogen-bond acceptors (Lipinski definition) is 6. The van der Waals surface area contributed by atoms with E-state index in [1.165, 1.54) is 23.3 Å². The molecule has 0 aliphatic heterocycles. The van der Waals surface area contributed by atoms with Crippen molar-refractivity contribution in [2.75, 3.05) is 17.7 Å². The van der Waals surface area contributed by atoms with Crippen molar-refractivity contribution in [3.8, 4) is 5.75 Å². The minimum absolute atomic E-state index is 0.0593. The number of rotatable bonds is 12. The van der Waals surface area contributed by atoms with E-state index in [2.05, 4.69) is 24.1 Å². The van der Waals surface area contributed by atoms with E-state index in [0.717, 1.165) is 72.2 Å². The highest BCUT2D eigenvalue weighted by molar-refractivity contribution is 6.08. The normalized spacial score (nSPS) is 14.4. The van der Waals surface area contributed by atoms with Crippen LogP contribution in [-0.2, 0) is 6.54 Å². The first-order valence-electron chi connectivity index (χ1n) is 15.3. The Morgan fingerprint density at radius 2 is 1.84 bits per heavy atom. The number of nitrogen functional groups attached to an aromatic ring is 1. The predicted octanol–water partition coefficient (Wildman–Crippen LogP) is 8.56. The van der Waals surface area contributed by atoms with Crippen LogP contribution in [0.4, 0.5) is 20.3 Å². The molecule has 7 nitrogen and oxygen atoms in total. The highest BCUT2D eigenvalue weighted by Crippen LogP contribution is 2.36. The molecule has 0 radical (unpaired) electrons. The number of aliphatic imine (C=N–C) groups is 1. The summed E-state index contributed by atoms with van der Waals surface area (Å²) in [5.74, 6) is -0.660. The maximum atomic E-state index is 15.1. The number of benzene rings is 2. The Balaban J connectivity index is 1.49. The maximum absolute atomic E-state index is 15.1. The summed E-state index contributed by atoms with van der Waals surface area (Å²) in [6, 6.07) is 13.9. The van der Waals surface area contributed by atoms with Crippen LogP contribution in [0.3, 0.4) is 0 Å². The first-order valence-corrected chi connectivity index (χ1v) is 15.3. The Hall–Kier alpha value is -4.53. The Bertz CT molecular complexity index is 1730. The molecular formula is C35H40F2N6O. The Morgan fingerprint density at radius 3 is 2.57 bits per heavy atom. The maximum Gasteiger partial charge on any atom is 0.134 e. The number of ether oxygens (including phenoxy) is 1. The summed E-state index contributed by atoms with van der Waals surface area (Å²) in [5.41, 5.74) is 13.4. The third kappa shape index (κ3) is 6.82. The molecule has 230 valence electrons. The summed E-state index contributed by atoms with van der Waals surface area (Å²) in [5, 5.41) is 9.29. The van der Waals surface area contributed by atoms with Gasteiger partial charge in [0.2, 0.25) is 0 Å². The number of nitrogens with two attached hydrogens (primary N) is 1. The molecule has 1 aliphatic rings. The predicted molar refractivity (Wildman–Crippen MR) is 174 cm³/mol. The fraction of sp³-hybridized carbons (Fsp3) is 0.343. The zero-order chi connectivity index (χ0) is 31.2. The molecule has 0 atom stereocenters. The largest absolute Gasteiger partial charge is 0.493 e. The van der Waals surface area contributed by atoms with Gasteiger partial charge in [-0.1, -0.05) is 38.5 Å². The van der Waals surface area contributed by atoms with E-state index in [4.69, 9.17) is 20.6 Å². The summed E-state index contributed by atoms with van der Waals surface area (Å²) >= 11 is 0. The summed E-state index contributed by atoms with van der Waals surface area (Å²) in [6.45, 7) is 8.60. The lowest BCUT2D eigenvalue weighted by molar-refractivity contribution is 0.305. The average Bonchev–Trinajstić information content (AvgIpc) is 3.62. The standard InChI is InChI=1S/C35H40F2N6O/c1-5-7-17-44-25-19-29(36)28(30(37)20-25)21-43-32-14-9-8-11-27(32)35(42-43)23(4)40-31-13-10-12-26(31)34(22(3)6-2)41-24-15-16-39-33(38)18-24/h8-9,11,14-16,18-20H,5-7,10,12-13,17,21H2,1-4H3,(H3,38,39,41)/b34-22+,40-23+. The van der Waals surface area contributed by atoms with Gasteiger partial charge in [-0.2, -0.15) is 5.10 Å². The van der Waals surface area contributed by atoms with E-state index in [1.54, 1.807) is 10.9 Å². The zero-order valence-electron chi connectivity index (χ0n) is 25.9. The van der Waals surface area contributed by atoms with Crippen molar-refractivity contribution in [1.29, 1.82) is 0 Å². The van der Waals surface area contributed by atoms with Gasteiger partial charge in [0.25, 0.3) is 0 Å². The minimum Gasteiger partial charge on any atom is -0.493 e. The van der Waals surface area contributed by atoms with Gasteiger partial charge in [0.05, 0.1) is 24.4 Å². The van der Waals surface area contributed by atoms with E-state index < -0.39 is 11.6 Å². The van der Waals surface area contributed by atoms with Crippen LogP contribution in [-0.4, -0.2) is 27.1 Å². The van der Waals surface area contributed by atoms with Gasteiger partial charge < -0.3 is 15.8 Å². The van der Waals surface area contributed by atoms with Crippen LogP contribution in [0, 0.1) is 11.6 Å². The van der Waals surface area contributed by atoms with Crippen molar-refractivity contribution in [2.45, 2.75) is 72.8 Å². The van der Waals surface area contributed by atoms with E-state index in [9.17, 15) is 0 Å². The monoisotopic (exact) mass is 598 g/mol. The first kappa shape index (κ1) is 30.9. The van der Waals surface area contributed by atoms with Gasteiger partial charge in [0.1, 0.15) is 28.9 Å². The lowest BCUT2D eigenvalue weighted by Crippen LogP contribution is -2.09. The van der Waals surface area contributed by atoms with Gasteiger partial charge >= 0.3 is 0 Å². The van der Waals surface area contributed by atoms with Gasteiger partial charge in [-0.3, -0.25) is 9.67 Å². The fourth-order valence-corrected chi connectivity index (χ4v) is 5.48. The summed E-state index contributed by atoms with van der Waals surface area (Å²) in [7, 11) is 0. The molecule has 0 unspecified atom stereocenters. The van der Waals surface area contributed by atoms with Crippen molar-refractivity contribution in [3.05, 3.63) is 100 Å². The molecule has 0 bridgehead atoms. The number of halogens is 2. The van der Waals surface area contributed by atoms with Crippen LogP contribution in [0.2, 0.25) is 0 Å². The number of unbranched alkanes of at least 4 members (excludes halogenated alkanes) is 1. The summed E-state index contributed by atoms with van der Waals surface area (Å²) in [6.07, 6.45) is 7.07. The van der Waals surface area contributed by atoms with Crippen LogP contribution in [0.25, 0.3) is 10.9 Å². The smallest absolute Gasteiger partial charge is 0.134 e. The van der Waals surface area contributed by atoms with Crippen molar-refractivity contribution < 1.29 is 13.5 Å².